The van der Waals surface area contributed by atoms with E-state index in [-0.39, 0.29) is 12.2 Å². The number of carbonyl (C=O) groups excluding carboxylic acids is 1. The summed E-state index contributed by atoms with van der Waals surface area (Å²) in [7, 11) is 0. The highest BCUT2D eigenvalue weighted by molar-refractivity contribution is 9.10. The molecule has 0 saturated heterocycles. The Labute approximate surface area is 89.3 Å². The summed E-state index contributed by atoms with van der Waals surface area (Å²) in [5.74, 6) is -0.256. The third kappa shape index (κ3) is 2.30. The van der Waals surface area contributed by atoms with Gasteiger partial charge in [-0.25, -0.2) is 0 Å². The van der Waals surface area contributed by atoms with Crippen molar-refractivity contribution in [2.75, 3.05) is 0 Å². The van der Waals surface area contributed by atoms with Crippen LogP contribution in [0, 0.1) is 11.3 Å². The molecule has 4 heteroatoms. The number of ketones is 1. The van der Waals surface area contributed by atoms with Crippen molar-refractivity contribution < 1.29 is 4.79 Å². The average molecular weight is 259 g/mol. The summed E-state index contributed by atoms with van der Waals surface area (Å²) in [6, 6.07) is 6.84. The molecular weight excluding hydrogens is 253 g/mol. The van der Waals surface area contributed by atoms with Crippen molar-refractivity contribution in [3.05, 3.63) is 33.3 Å². The maximum Gasteiger partial charge on any atom is 0.178 e. The Balaban J connectivity index is 3.09. The van der Waals surface area contributed by atoms with E-state index in [2.05, 4.69) is 15.9 Å². The summed E-state index contributed by atoms with van der Waals surface area (Å²) in [6.45, 7) is 0. The molecule has 13 heavy (non-hydrogen) atoms. The van der Waals surface area contributed by atoms with E-state index in [9.17, 15) is 4.79 Å². The molecule has 1 aromatic carbocycles. The Hall–Kier alpha value is -0.850. The highest BCUT2D eigenvalue weighted by Gasteiger charge is 2.11. The molecule has 0 saturated carbocycles. The van der Waals surface area contributed by atoms with E-state index in [0.717, 1.165) is 0 Å². The number of nitrogens with zero attached hydrogens (tertiary/aromatic N) is 1. The van der Waals surface area contributed by atoms with E-state index in [1.807, 2.05) is 0 Å². The summed E-state index contributed by atoms with van der Waals surface area (Å²) in [6.07, 6.45) is -0.143. The number of rotatable bonds is 2. The standard InChI is InChI=1S/C9H5BrClNO/c10-7-3-1-2-6(9(7)11)8(13)4-5-12/h1-3H,4H2. The van der Waals surface area contributed by atoms with Crippen LogP contribution in [0.1, 0.15) is 16.8 Å². The summed E-state index contributed by atoms with van der Waals surface area (Å²) in [4.78, 5) is 11.3. The van der Waals surface area contributed by atoms with Gasteiger partial charge < -0.3 is 0 Å². The normalized spacial score (nSPS) is 9.31. The number of carbonyl (C=O) groups is 1. The van der Waals surface area contributed by atoms with Crippen LogP contribution in [-0.4, -0.2) is 5.78 Å². The number of hydrogen-bond donors (Lipinski definition) is 0. The molecule has 2 nitrogen and oxygen atoms in total. The van der Waals surface area contributed by atoms with Gasteiger partial charge >= 0.3 is 0 Å². The Bertz CT molecular complexity index is 384. The third-order valence-electron chi connectivity index (χ3n) is 1.49. The minimum atomic E-state index is -0.256. The van der Waals surface area contributed by atoms with Crippen LogP contribution in [0.25, 0.3) is 0 Å². The molecule has 0 radical (unpaired) electrons. The van der Waals surface area contributed by atoms with Crippen molar-refractivity contribution >= 4 is 33.3 Å². The molecule has 0 aliphatic rings. The number of nitriles is 1. The first-order valence-corrected chi connectivity index (χ1v) is 4.68. The molecule has 0 bridgehead atoms. The lowest BCUT2D eigenvalue weighted by molar-refractivity contribution is 0.0998. The number of hydrogen-bond acceptors (Lipinski definition) is 2. The molecule has 0 unspecified atom stereocenters. The van der Waals surface area contributed by atoms with E-state index < -0.39 is 0 Å². The number of halogens is 2. The van der Waals surface area contributed by atoms with E-state index in [4.69, 9.17) is 16.9 Å². The fraction of sp³-hybridized carbons (Fsp3) is 0.111. The largest absolute Gasteiger partial charge is 0.293 e. The average Bonchev–Trinajstić information content (AvgIpc) is 2.10. The molecule has 0 spiro atoms. The molecule has 0 aliphatic heterocycles. The van der Waals surface area contributed by atoms with E-state index in [1.54, 1.807) is 24.3 Å². The molecule has 0 N–H and O–H groups in total. The second-order valence-electron chi connectivity index (χ2n) is 2.36. The van der Waals surface area contributed by atoms with Crippen LogP contribution in [-0.2, 0) is 0 Å². The summed E-state index contributed by atoms with van der Waals surface area (Å²) < 4.78 is 0.665. The maximum absolute atomic E-state index is 11.3. The molecule has 0 fully saturated rings. The summed E-state index contributed by atoms with van der Waals surface area (Å²) in [5.41, 5.74) is 0.387. The molecule has 0 heterocycles. The lowest BCUT2D eigenvalue weighted by Crippen LogP contribution is -1.98. The first-order valence-electron chi connectivity index (χ1n) is 3.51. The zero-order chi connectivity index (χ0) is 9.84. The van der Waals surface area contributed by atoms with Gasteiger partial charge in [-0.15, -0.1) is 0 Å². The van der Waals surface area contributed by atoms with Gasteiger partial charge in [-0.2, -0.15) is 5.26 Å². The van der Waals surface area contributed by atoms with Gasteiger partial charge in [0, 0.05) is 10.0 Å². The fourth-order valence-electron chi connectivity index (χ4n) is 0.886. The monoisotopic (exact) mass is 257 g/mol. The smallest absolute Gasteiger partial charge is 0.178 e. The van der Waals surface area contributed by atoms with Gasteiger partial charge in [0.15, 0.2) is 5.78 Å². The highest BCUT2D eigenvalue weighted by atomic mass is 79.9. The molecule has 1 aromatic rings. The van der Waals surface area contributed by atoms with Crippen LogP contribution in [0.15, 0.2) is 22.7 Å². The van der Waals surface area contributed by atoms with E-state index in [1.165, 1.54) is 0 Å². The maximum atomic E-state index is 11.3. The first kappa shape index (κ1) is 10.2. The second-order valence-corrected chi connectivity index (χ2v) is 3.59. The third-order valence-corrected chi connectivity index (χ3v) is 2.79. The topological polar surface area (TPSA) is 40.9 Å². The van der Waals surface area contributed by atoms with E-state index in [0.29, 0.717) is 15.1 Å². The Morgan fingerprint density at radius 2 is 2.31 bits per heavy atom. The number of benzene rings is 1. The van der Waals surface area contributed by atoms with Crippen LogP contribution >= 0.6 is 27.5 Å². The minimum Gasteiger partial charge on any atom is -0.293 e. The quantitative estimate of drug-likeness (QED) is 0.764. The SMILES string of the molecule is N#CCC(=O)c1cccc(Br)c1Cl. The van der Waals surface area contributed by atoms with Crippen molar-refractivity contribution in [3.8, 4) is 6.07 Å². The van der Waals surface area contributed by atoms with E-state index >= 15 is 0 Å². The van der Waals surface area contributed by atoms with Crippen LogP contribution in [0.2, 0.25) is 5.02 Å². The van der Waals surface area contributed by atoms with Gasteiger partial charge in [0.2, 0.25) is 0 Å². The molecule has 0 atom stereocenters. The Kier molecular flexibility index (Phi) is 3.47. The van der Waals surface area contributed by atoms with Gasteiger partial charge in [-0.3, -0.25) is 4.79 Å². The zero-order valence-electron chi connectivity index (χ0n) is 6.55. The predicted molar refractivity (Wildman–Crippen MR) is 53.7 cm³/mol. The molecule has 0 aliphatic carbocycles. The fourth-order valence-corrected chi connectivity index (χ4v) is 1.48. The molecule has 0 amide bonds. The lowest BCUT2D eigenvalue weighted by atomic mass is 10.1. The van der Waals surface area contributed by atoms with Gasteiger partial charge in [-0.05, 0) is 28.1 Å². The van der Waals surface area contributed by atoms with Crippen LogP contribution in [0.3, 0.4) is 0 Å². The minimum absolute atomic E-state index is 0.143. The summed E-state index contributed by atoms with van der Waals surface area (Å²) >= 11 is 9.05. The first-order chi connectivity index (χ1) is 6.16. The van der Waals surface area contributed by atoms with Gasteiger partial charge in [0.05, 0.1) is 17.5 Å². The number of Topliss-reactive ketones (excluding diaryl/α,β-unsaturated/α-hetero) is 1. The lowest BCUT2D eigenvalue weighted by Gasteiger charge is -2.01. The molecular formula is C9H5BrClNO. The second kappa shape index (κ2) is 4.40. The zero-order valence-corrected chi connectivity index (χ0v) is 8.89. The van der Waals surface area contributed by atoms with Crippen molar-refractivity contribution in [2.24, 2.45) is 0 Å². The van der Waals surface area contributed by atoms with Crippen LogP contribution in [0.5, 0.6) is 0 Å². The highest BCUT2D eigenvalue weighted by Crippen LogP contribution is 2.26. The molecule has 0 aromatic heterocycles. The van der Waals surface area contributed by atoms with Crippen LogP contribution < -0.4 is 0 Å². The Morgan fingerprint density at radius 3 is 2.92 bits per heavy atom. The van der Waals surface area contributed by atoms with Gasteiger partial charge in [0.25, 0.3) is 0 Å². The molecule has 1 rings (SSSR count). The summed E-state index contributed by atoms with van der Waals surface area (Å²) in [5, 5.41) is 8.70. The van der Waals surface area contributed by atoms with Crippen molar-refractivity contribution in [1.82, 2.24) is 0 Å². The van der Waals surface area contributed by atoms with Crippen molar-refractivity contribution in [1.29, 1.82) is 5.26 Å². The van der Waals surface area contributed by atoms with Gasteiger partial charge in [-0.1, -0.05) is 17.7 Å². The molecule has 66 valence electrons. The van der Waals surface area contributed by atoms with Gasteiger partial charge in [0.1, 0.15) is 0 Å². The predicted octanol–water partition coefficient (Wildman–Crippen LogP) is 3.20. The van der Waals surface area contributed by atoms with Crippen molar-refractivity contribution in [2.45, 2.75) is 6.42 Å². The van der Waals surface area contributed by atoms with Crippen LogP contribution in [0.4, 0.5) is 0 Å². The van der Waals surface area contributed by atoms with Crippen molar-refractivity contribution in [3.63, 3.8) is 0 Å². The Morgan fingerprint density at radius 1 is 1.62 bits per heavy atom.